The summed E-state index contributed by atoms with van der Waals surface area (Å²) in [5, 5.41) is 5.59. The van der Waals surface area contributed by atoms with Crippen molar-refractivity contribution in [3.05, 3.63) is 10.6 Å². The molecule has 1 saturated heterocycles. The van der Waals surface area contributed by atoms with E-state index >= 15 is 0 Å². The van der Waals surface area contributed by atoms with E-state index < -0.39 is 30.8 Å². The van der Waals surface area contributed by atoms with E-state index in [0.717, 1.165) is 17.0 Å². The first-order chi connectivity index (χ1) is 8.41. The fraction of sp³-hybridized carbons (Fsp3) is 0.636. The molecule has 1 fully saturated rings. The lowest BCUT2D eigenvalue weighted by Crippen LogP contribution is -2.35. The molecule has 1 aromatic heterocycles. The topological polar surface area (TPSA) is 54.0 Å². The lowest BCUT2D eigenvalue weighted by atomic mass is 10.2. The molecule has 0 spiro atoms. The second-order valence-corrected chi connectivity index (χ2v) is 5.56. The number of nitrogens with zero attached hydrogens (tertiary/aromatic N) is 1. The molecule has 8 heteroatoms. The van der Waals surface area contributed by atoms with Crippen LogP contribution < -0.4 is 10.6 Å². The number of aryl methyl sites for hydroxylation is 2. The van der Waals surface area contributed by atoms with Crippen molar-refractivity contribution in [2.45, 2.75) is 38.7 Å². The number of alkyl halides is 2. The fourth-order valence-corrected chi connectivity index (χ4v) is 2.81. The van der Waals surface area contributed by atoms with Crippen molar-refractivity contribution in [2.24, 2.45) is 0 Å². The van der Waals surface area contributed by atoms with E-state index in [1.165, 1.54) is 11.3 Å². The number of amides is 1. The van der Waals surface area contributed by atoms with Gasteiger partial charge in [-0.3, -0.25) is 10.1 Å². The second kappa shape index (κ2) is 6.11. The molecular formula is C11H16ClF2N3OS. The summed E-state index contributed by atoms with van der Waals surface area (Å²) in [4.78, 5) is 17.1. The van der Waals surface area contributed by atoms with E-state index in [-0.39, 0.29) is 12.4 Å². The lowest BCUT2D eigenvalue weighted by molar-refractivity contribution is -0.118. The molecule has 0 aromatic carbocycles. The van der Waals surface area contributed by atoms with Crippen molar-refractivity contribution in [2.75, 3.05) is 11.9 Å². The summed E-state index contributed by atoms with van der Waals surface area (Å²) in [7, 11) is 0. The van der Waals surface area contributed by atoms with Gasteiger partial charge in [0.2, 0.25) is 5.91 Å². The van der Waals surface area contributed by atoms with E-state index in [0.29, 0.717) is 5.13 Å². The molecule has 1 amide bonds. The Balaban J connectivity index is 0.00000180. The molecule has 2 N–H and O–H groups in total. The normalized spacial score (nSPS) is 20.9. The van der Waals surface area contributed by atoms with Gasteiger partial charge in [0, 0.05) is 11.3 Å². The molecule has 108 valence electrons. The van der Waals surface area contributed by atoms with Gasteiger partial charge in [0.25, 0.3) is 5.92 Å². The van der Waals surface area contributed by atoms with E-state index in [2.05, 4.69) is 15.6 Å². The van der Waals surface area contributed by atoms with Gasteiger partial charge < -0.3 is 5.32 Å². The smallest absolute Gasteiger partial charge is 0.262 e. The highest BCUT2D eigenvalue weighted by Crippen LogP contribution is 2.27. The van der Waals surface area contributed by atoms with Crippen LogP contribution in [-0.4, -0.2) is 29.4 Å². The van der Waals surface area contributed by atoms with Gasteiger partial charge in [0.1, 0.15) is 0 Å². The van der Waals surface area contributed by atoms with Crippen LogP contribution >= 0.6 is 23.7 Å². The van der Waals surface area contributed by atoms with Gasteiger partial charge in [-0.1, -0.05) is 6.92 Å². The van der Waals surface area contributed by atoms with Gasteiger partial charge in [-0.15, -0.1) is 23.7 Å². The zero-order valence-electron chi connectivity index (χ0n) is 10.6. The summed E-state index contributed by atoms with van der Waals surface area (Å²) in [5.41, 5.74) is 0.931. The van der Waals surface area contributed by atoms with Gasteiger partial charge in [0.05, 0.1) is 18.3 Å². The quantitative estimate of drug-likeness (QED) is 0.901. The number of carbonyl (C=O) groups is 1. The largest absolute Gasteiger partial charge is 0.301 e. The van der Waals surface area contributed by atoms with E-state index in [4.69, 9.17) is 0 Å². The average molecular weight is 312 g/mol. The zero-order chi connectivity index (χ0) is 13.3. The number of thiazole rings is 1. The predicted octanol–water partition coefficient (Wildman–Crippen LogP) is 2.37. The maximum absolute atomic E-state index is 13.0. The number of carbonyl (C=O) groups excluding carboxylic acids is 1. The Hall–Kier alpha value is -0.790. The third-order valence-electron chi connectivity index (χ3n) is 2.88. The highest BCUT2D eigenvalue weighted by Gasteiger charge is 2.42. The number of rotatable bonds is 3. The fourth-order valence-electron chi connectivity index (χ4n) is 1.90. The molecule has 1 aliphatic rings. The van der Waals surface area contributed by atoms with Gasteiger partial charge in [-0.2, -0.15) is 0 Å². The summed E-state index contributed by atoms with van der Waals surface area (Å²) in [6.07, 6.45) is 0.335. The van der Waals surface area contributed by atoms with Gasteiger partial charge in [0.15, 0.2) is 5.13 Å². The lowest BCUT2D eigenvalue weighted by Gasteiger charge is -2.08. The number of nitrogens with one attached hydrogen (secondary N) is 2. The maximum Gasteiger partial charge on any atom is 0.262 e. The van der Waals surface area contributed by atoms with Crippen LogP contribution in [-0.2, 0) is 11.2 Å². The van der Waals surface area contributed by atoms with Crippen LogP contribution in [0.1, 0.15) is 23.9 Å². The minimum Gasteiger partial charge on any atom is -0.301 e. The molecule has 1 unspecified atom stereocenters. The highest BCUT2D eigenvalue weighted by atomic mass is 35.5. The summed E-state index contributed by atoms with van der Waals surface area (Å²) in [6.45, 7) is 3.46. The van der Waals surface area contributed by atoms with Crippen molar-refractivity contribution >= 4 is 34.8 Å². The molecule has 0 aliphatic carbocycles. The Labute approximate surface area is 120 Å². The van der Waals surface area contributed by atoms with Gasteiger partial charge in [-0.05, 0) is 13.3 Å². The van der Waals surface area contributed by atoms with Gasteiger partial charge >= 0.3 is 0 Å². The van der Waals surface area contributed by atoms with Gasteiger partial charge in [-0.25, -0.2) is 13.8 Å². The molecule has 2 heterocycles. The van der Waals surface area contributed by atoms with E-state index in [1.807, 2.05) is 13.8 Å². The SMILES string of the molecule is CCc1nc(NC(=O)C2CC(F)(F)CN2)sc1C.Cl. The molecular weight excluding hydrogens is 296 g/mol. The first-order valence-electron chi connectivity index (χ1n) is 5.79. The molecule has 4 nitrogen and oxygen atoms in total. The van der Waals surface area contributed by atoms with E-state index in [9.17, 15) is 13.6 Å². The third-order valence-corrected chi connectivity index (χ3v) is 3.81. The number of aromatic nitrogens is 1. The molecule has 19 heavy (non-hydrogen) atoms. The number of hydrogen-bond donors (Lipinski definition) is 2. The highest BCUT2D eigenvalue weighted by molar-refractivity contribution is 7.15. The van der Waals surface area contributed by atoms with E-state index in [1.54, 1.807) is 0 Å². The molecule has 0 saturated carbocycles. The summed E-state index contributed by atoms with van der Waals surface area (Å²) in [6, 6.07) is -0.839. The van der Waals surface area contributed by atoms with Crippen LogP contribution in [0.3, 0.4) is 0 Å². The van der Waals surface area contributed by atoms with Crippen LogP contribution in [0, 0.1) is 6.92 Å². The Bertz CT molecular complexity index is 467. The van der Waals surface area contributed by atoms with Crippen molar-refractivity contribution in [1.82, 2.24) is 10.3 Å². The van der Waals surface area contributed by atoms with Crippen LogP contribution in [0.25, 0.3) is 0 Å². The summed E-state index contributed by atoms with van der Waals surface area (Å²) >= 11 is 1.37. The minimum absolute atomic E-state index is 0. The molecule has 0 bridgehead atoms. The number of halogens is 3. The first-order valence-corrected chi connectivity index (χ1v) is 6.61. The van der Waals surface area contributed by atoms with Crippen molar-refractivity contribution in [3.8, 4) is 0 Å². The average Bonchev–Trinajstić information content (AvgIpc) is 2.81. The standard InChI is InChI=1S/C11H15F2N3OS.ClH/c1-3-7-6(2)18-10(15-7)16-9(17)8-4-11(12,13)5-14-8;/h8,14H,3-5H2,1-2H3,(H,15,16,17);1H. The Morgan fingerprint density at radius 2 is 2.32 bits per heavy atom. The Morgan fingerprint density at radius 1 is 1.63 bits per heavy atom. The number of hydrogen-bond acceptors (Lipinski definition) is 4. The monoisotopic (exact) mass is 311 g/mol. The van der Waals surface area contributed by atoms with Crippen LogP contribution in [0.2, 0.25) is 0 Å². The van der Waals surface area contributed by atoms with Crippen LogP contribution in [0.5, 0.6) is 0 Å². The number of anilines is 1. The summed E-state index contributed by atoms with van der Waals surface area (Å²) in [5.74, 6) is -3.24. The maximum atomic E-state index is 13.0. The molecule has 0 radical (unpaired) electrons. The predicted molar refractivity (Wildman–Crippen MR) is 73.5 cm³/mol. The molecule has 1 atom stereocenters. The molecule has 2 rings (SSSR count). The first kappa shape index (κ1) is 16.3. The van der Waals surface area contributed by atoms with Crippen molar-refractivity contribution < 1.29 is 13.6 Å². The van der Waals surface area contributed by atoms with Crippen molar-refractivity contribution in [3.63, 3.8) is 0 Å². The Morgan fingerprint density at radius 3 is 2.79 bits per heavy atom. The Kier molecular flexibility index (Phi) is 5.23. The zero-order valence-corrected chi connectivity index (χ0v) is 12.3. The van der Waals surface area contributed by atoms with Crippen LogP contribution in [0.4, 0.5) is 13.9 Å². The summed E-state index contributed by atoms with van der Waals surface area (Å²) < 4.78 is 25.9. The van der Waals surface area contributed by atoms with Crippen LogP contribution in [0.15, 0.2) is 0 Å². The molecule has 1 aromatic rings. The molecule has 1 aliphatic heterocycles. The second-order valence-electron chi connectivity index (χ2n) is 4.36. The van der Waals surface area contributed by atoms with Crippen molar-refractivity contribution in [1.29, 1.82) is 0 Å². The minimum atomic E-state index is -2.80. The third kappa shape index (κ3) is 3.84.